The van der Waals surface area contributed by atoms with Crippen LogP contribution in [0.25, 0.3) is 44.1 Å². The number of benzene rings is 3. The quantitative estimate of drug-likeness (QED) is 0.165. The molecule has 60 heavy (non-hydrogen) atoms. The first-order chi connectivity index (χ1) is 28.5. The Kier molecular flexibility index (Phi) is 8.69. The highest BCUT2D eigenvalue weighted by Gasteiger charge is 2.53. The molecule has 0 aliphatic carbocycles. The first-order valence-electron chi connectivity index (χ1n) is 18.8. The molecule has 6 aromatic rings. The minimum absolute atomic E-state index is 0.0444. The summed E-state index contributed by atoms with van der Waals surface area (Å²) >= 11 is 0. The highest BCUT2D eigenvalue weighted by atomic mass is 19.3. The van der Waals surface area contributed by atoms with Crippen molar-refractivity contribution in [3.05, 3.63) is 99.0 Å². The van der Waals surface area contributed by atoms with Gasteiger partial charge in [-0.05, 0) is 53.9 Å². The third-order valence-electron chi connectivity index (χ3n) is 11.5. The normalized spacial score (nSPS) is 18.2. The Morgan fingerprint density at radius 3 is 2.25 bits per heavy atom. The summed E-state index contributed by atoms with van der Waals surface area (Å²) in [5, 5.41) is 2.93. The SMILES string of the molecule is COc1cc(-c2cn(C)c(=O)c3cnc(N4CC(F)(F)C4)cc23)cc(OC)c1CN1C(=O)C(F)(F)c2cc(-c3cccc4c3n(C)c(=O)n4C3CCC(=O)NC3=O)ccc21. The number of ether oxygens (including phenoxy) is 2. The second-order valence-corrected chi connectivity index (χ2v) is 15.2. The van der Waals surface area contributed by atoms with Crippen LogP contribution in [0.2, 0.25) is 0 Å². The lowest BCUT2D eigenvalue weighted by molar-refractivity contribution is -0.141. The molecule has 3 aliphatic rings. The summed E-state index contributed by atoms with van der Waals surface area (Å²) in [6, 6.07) is 12.9. The lowest BCUT2D eigenvalue weighted by Gasteiger charge is -2.39. The molecule has 3 aromatic heterocycles. The third-order valence-corrected chi connectivity index (χ3v) is 11.5. The van der Waals surface area contributed by atoms with E-state index >= 15 is 8.78 Å². The Hall–Kier alpha value is -6.98. The number of aromatic nitrogens is 4. The maximum Gasteiger partial charge on any atom is 0.352 e. The van der Waals surface area contributed by atoms with Crippen molar-refractivity contribution in [1.82, 2.24) is 24.0 Å². The van der Waals surface area contributed by atoms with Crippen LogP contribution in [0.5, 0.6) is 11.5 Å². The number of para-hydroxylation sites is 1. The number of imidazole rings is 1. The number of halogens is 4. The molecule has 1 unspecified atom stereocenters. The largest absolute Gasteiger partial charge is 0.496 e. The predicted octanol–water partition coefficient (Wildman–Crippen LogP) is 5.01. The van der Waals surface area contributed by atoms with Crippen molar-refractivity contribution in [1.29, 1.82) is 0 Å². The predicted molar refractivity (Wildman–Crippen MR) is 212 cm³/mol. The Balaban J connectivity index is 1.10. The number of hydrogen-bond acceptors (Lipinski definition) is 9. The summed E-state index contributed by atoms with van der Waals surface area (Å²) in [6.07, 6.45) is 3.08. The molecule has 3 amide bonds. The molecule has 14 nitrogen and oxygen atoms in total. The van der Waals surface area contributed by atoms with E-state index in [1.54, 1.807) is 55.7 Å². The van der Waals surface area contributed by atoms with E-state index in [1.165, 1.54) is 58.2 Å². The van der Waals surface area contributed by atoms with E-state index < -0.39 is 66.5 Å². The maximum absolute atomic E-state index is 16.1. The van der Waals surface area contributed by atoms with E-state index in [1.807, 2.05) is 0 Å². The number of carbonyl (C=O) groups is 3. The number of piperidine rings is 1. The number of pyridine rings is 2. The molecule has 2 saturated heterocycles. The van der Waals surface area contributed by atoms with Crippen LogP contribution in [0, 0.1) is 0 Å². The van der Waals surface area contributed by atoms with E-state index in [4.69, 9.17) is 9.47 Å². The van der Waals surface area contributed by atoms with Crippen LogP contribution in [0.1, 0.15) is 30.0 Å². The molecule has 3 aromatic carbocycles. The zero-order valence-electron chi connectivity index (χ0n) is 32.5. The second kappa shape index (κ2) is 13.5. The Labute approximate surface area is 337 Å². The van der Waals surface area contributed by atoms with Crippen LogP contribution in [0.3, 0.4) is 0 Å². The standard InChI is InChI=1S/C42H35F4N7O7/c1-49-17-26(24-15-34(47-16-25(24)38(49)56)51-19-41(43,44)20-51)22-13-32(59-3)27(33(14-22)60-4)18-52-29-9-8-21(12-28(29)42(45,46)39(52)57)23-6-5-7-30-36(23)50(2)40(58)53(30)31-10-11-35(54)48-37(31)55/h5-9,12-17,31H,10-11,18-20H2,1-4H3,(H,48,54,55). The van der Waals surface area contributed by atoms with Crippen molar-refractivity contribution < 1.29 is 41.4 Å². The van der Waals surface area contributed by atoms with E-state index in [0.717, 1.165) is 4.90 Å². The van der Waals surface area contributed by atoms with Crippen LogP contribution in [-0.2, 0) is 40.9 Å². The summed E-state index contributed by atoms with van der Waals surface area (Å²) in [7, 11) is 5.80. The molecule has 6 heterocycles. The minimum Gasteiger partial charge on any atom is -0.496 e. The number of aryl methyl sites for hydroxylation is 2. The molecule has 1 atom stereocenters. The fourth-order valence-corrected chi connectivity index (χ4v) is 8.52. The van der Waals surface area contributed by atoms with Crippen LogP contribution in [-0.4, -0.2) is 69.6 Å². The van der Waals surface area contributed by atoms with Gasteiger partial charge in [-0.3, -0.25) is 33.6 Å². The number of methoxy groups -OCH3 is 2. The fourth-order valence-electron chi connectivity index (χ4n) is 8.52. The molecule has 308 valence electrons. The number of fused-ring (bicyclic) bond motifs is 3. The molecule has 0 radical (unpaired) electrons. The van der Waals surface area contributed by atoms with Crippen molar-refractivity contribution in [2.45, 2.75) is 37.3 Å². The Bertz CT molecular complexity index is 2960. The molecular formula is C42H35F4N7O7. The van der Waals surface area contributed by atoms with E-state index in [0.29, 0.717) is 33.1 Å². The Morgan fingerprint density at radius 2 is 1.58 bits per heavy atom. The van der Waals surface area contributed by atoms with Gasteiger partial charge >= 0.3 is 17.5 Å². The molecule has 0 saturated carbocycles. The van der Waals surface area contributed by atoms with Gasteiger partial charge in [-0.25, -0.2) is 18.6 Å². The number of alkyl halides is 4. The monoisotopic (exact) mass is 825 g/mol. The van der Waals surface area contributed by atoms with Crippen molar-refractivity contribution in [3.63, 3.8) is 0 Å². The van der Waals surface area contributed by atoms with Crippen LogP contribution >= 0.6 is 0 Å². The molecule has 9 rings (SSSR count). The number of hydrogen-bond donors (Lipinski definition) is 1. The molecule has 0 spiro atoms. The number of anilines is 2. The summed E-state index contributed by atoms with van der Waals surface area (Å²) in [6.45, 7) is -1.42. The number of imide groups is 1. The van der Waals surface area contributed by atoms with Gasteiger partial charge < -0.3 is 23.8 Å². The molecular weight excluding hydrogens is 790 g/mol. The van der Waals surface area contributed by atoms with Crippen LogP contribution in [0.15, 0.2) is 76.6 Å². The zero-order chi connectivity index (χ0) is 42.6. The number of nitrogens with zero attached hydrogens (tertiary/aromatic N) is 6. The van der Waals surface area contributed by atoms with Gasteiger partial charge in [0.15, 0.2) is 0 Å². The summed E-state index contributed by atoms with van der Waals surface area (Å²) in [5.74, 6) is -8.73. The smallest absolute Gasteiger partial charge is 0.352 e. The van der Waals surface area contributed by atoms with Gasteiger partial charge in [-0.15, -0.1) is 0 Å². The van der Waals surface area contributed by atoms with E-state index in [2.05, 4.69) is 10.3 Å². The van der Waals surface area contributed by atoms with Gasteiger partial charge in [0.25, 0.3) is 11.5 Å². The average Bonchev–Trinajstić information content (AvgIpc) is 3.58. The topological polar surface area (TPSA) is 150 Å². The average molecular weight is 826 g/mol. The number of rotatable bonds is 8. The fraction of sp³-hybridized carbons (Fsp3) is 0.286. The van der Waals surface area contributed by atoms with Gasteiger partial charge in [0, 0.05) is 49.4 Å². The van der Waals surface area contributed by atoms with Gasteiger partial charge in [0.05, 0.1) is 67.1 Å². The number of amides is 3. The molecule has 0 bridgehead atoms. The van der Waals surface area contributed by atoms with Gasteiger partial charge in [-0.2, -0.15) is 8.78 Å². The van der Waals surface area contributed by atoms with Crippen LogP contribution < -0.4 is 35.8 Å². The highest BCUT2D eigenvalue weighted by molar-refractivity contribution is 6.07. The minimum atomic E-state index is -3.95. The lowest BCUT2D eigenvalue weighted by Crippen LogP contribution is -2.56. The van der Waals surface area contributed by atoms with Gasteiger partial charge in [0.2, 0.25) is 11.8 Å². The molecule has 18 heteroatoms. The zero-order valence-corrected chi connectivity index (χ0v) is 32.5. The first kappa shape index (κ1) is 38.5. The lowest BCUT2D eigenvalue weighted by atomic mass is 9.98. The van der Waals surface area contributed by atoms with Crippen molar-refractivity contribution in [3.8, 4) is 33.8 Å². The summed E-state index contributed by atoms with van der Waals surface area (Å²) < 4.78 is 75.2. The Morgan fingerprint density at radius 1 is 0.867 bits per heavy atom. The maximum atomic E-state index is 16.1. The second-order valence-electron chi connectivity index (χ2n) is 15.2. The van der Waals surface area contributed by atoms with Crippen LogP contribution in [0.4, 0.5) is 29.1 Å². The van der Waals surface area contributed by atoms with Crippen molar-refractivity contribution >= 4 is 51.0 Å². The third kappa shape index (κ3) is 5.83. The van der Waals surface area contributed by atoms with Gasteiger partial charge in [-0.1, -0.05) is 18.2 Å². The summed E-state index contributed by atoms with van der Waals surface area (Å²) in [4.78, 5) is 71.5. The first-order valence-corrected chi connectivity index (χ1v) is 18.8. The molecule has 1 N–H and O–H groups in total. The van der Waals surface area contributed by atoms with Crippen molar-refractivity contribution in [2.75, 3.05) is 37.1 Å². The van der Waals surface area contributed by atoms with E-state index in [9.17, 15) is 32.8 Å². The molecule has 2 fully saturated rings. The summed E-state index contributed by atoms with van der Waals surface area (Å²) in [5.41, 5.74) is 1.16. The van der Waals surface area contributed by atoms with Crippen molar-refractivity contribution in [2.24, 2.45) is 14.1 Å². The number of nitrogens with one attached hydrogen (secondary N) is 1. The van der Waals surface area contributed by atoms with Gasteiger partial charge in [0.1, 0.15) is 23.4 Å². The van der Waals surface area contributed by atoms with E-state index in [-0.39, 0.29) is 57.9 Å². The number of carbonyl (C=O) groups excluding carboxylic acids is 3. The highest BCUT2D eigenvalue weighted by Crippen LogP contribution is 2.48. The molecule has 3 aliphatic heterocycles.